The van der Waals surface area contributed by atoms with Gasteiger partial charge >= 0.3 is 5.97 Å². The van der Waals surface area contributed by atoms with Gasteiger partial charge in [-0.3, -0.25) is 0 Å². The Balaban J connectivity index is 2.06. The van der Waals surface area contributed by atoms with Crippen LogP contribution in [0.2, 0.25) is 0 Å². The Morgan fingerprint density at radius 3 is 2.61 bits per heavy atom. The van der Waals surface area contributed by atoms with Crippen LogP contribution >= 0.6 is 12.6 Å². The van der Waals surface area contributed by atoms with E-state index in [4.69, 9.17) is 4.74 Å². The van der Waals surface area contributed by atoms with E-state index < -0.39 is 11.8 Å². The lowest BCUT2D eigenvalue weighted by molar-refractivity contribution is 0.0467. The topological polar surface area (TPSA) is 26.3 Å². The lowest BCUT2D eigenvalue weighted by Gasteiger charge is -2.06. The molecule has 0 saturated heterocycles. The fourth-order valence-corrected chi connectivity index (χ4v) is 1.67. The maximum Gasteiger partial charge on any atom is 0.341 e. The van der Waals surface area contributed by atoms with Gasteiger partial charge in [0.15, 0.2) is 0 Å². The fourth-order valence-electron chi connectivity index (χ4n) is 1.47. The Kier molecular flexibility index (Phi) is 3.99. The standard InChI is InChI=1S/C14H11FO2S/c15-13-7-6-11(18)8-12(13)14(16)17-9-10-4-2-1-3-5-10/h1-8,18H,9H2. The third kappa shape index (κ3) is 3.11. The highest BCUT2D eigenvalue weighted by Gasteiger charge is 2.13. The zero-order valence-electron chi connectivity index (χ0n) is 9.47. The molecule has 4 heteroatoms. The maximum absolute atomic E-state index is 13.4. The predicted molar refractivity (Wildman–Crippen MR) is 69.2 cm³/mol. The van der Waals surface area contributed by atoms with Crippen LogP contribution in [0, 0.1) is 5.82 Å². The molecule has 0 aromatic heterocycles. The molecule has 2 nitrogen and oxygen atoms in total. The molecule has 2 aromatic carbocycles. The van der Waals surface area contributed by atoms with E-state index in [1.165, 1.54) is 18.2 Å². The van der Waals surface area contributed by atoms with Gasteiger partial charge in [-0.25, -0.2) is 9.18 Å². The minimum absolute atomic E-state index is 0.0987. The van der Waals surface area contributed by atoms with Crippen molar-refractivity contribution < 1.29 is 13.9 Å². The molecule has 0 atom stereocenters. The van der Waals surface area contributed by atoms with Gasteiger partial charge in [0.2, 0.25) is 0 Å². The summed E-state index contributed by atoms with van der Waals surface area (Å²) in [4.78, 5) is 12.2. The lowest BCUT2D eigenvalue weighted by Crippen LogP contribution is -2.07. The molecule has 0 aliphatic heterocycles. The quantitative estimate of drug-likeness (QED) is 0.677. The second kappa shape index (κ2) is 5.69. The van der Waals surface area contributed by atoms with Crippen molar-refractivity contribution in [3.8, 4) is 0 Å². The zero-order valence-corrected chi connectivity index (χ0v) is 10.4. The van der Waals surface area contributed by atoms with E-state index in [0.717, 1.165) is 5.56 Å². The number of thiol groups is 1. The smallest absolute Gasteiger partial charge is 0.341 e. The molecule has 0 bridgehead atoms. The van der Waals surface area contributed by atoms with Crippen LogP contribution in [0.3, 0.4) is 0 Å². The van der Waals surface area contributed by atoms with Gasteiger partial charge in [-0.15, -0.1) is 12.6 Å². The van der Waals surface area contributed by atoms with Crippen molar-refractivity contribution in [2.75, 3.05) is 0 Å². The van der Waals surface area contributed by atoms with E-state index in [9.17, 15) is 9.18 Å². The van der Waals surface area contributed by atoms with E-state index in [1.807, 2.05) is 30.3 Å². The van der Waals surface area contributed by atoms with Crippen molar-refractivity contribution in [1.29, 1.82) is 0 Å². The number of esters is 1. The van der Waals surface area contributed by atoms with Gasteiger partial charge in [-0.1, -0.05) is 30.3 Å². The molecule has 0 fully saturated rings. The van der Waals surface area contributed by atoms with Crippen molar-refractivity contribution in [2.45, 2.75) is 11.5 Å². The first-order chi connectivity index (χ1) is 8.66. The van der Waals surface area contributed by atoms with E-state index in [-0.39, 0.29) is 12.2 Å². The Morgan fingerprint density at radius 2 is 1.89 bits per heavy atom. The molecule has 2 aromatic rings. The molecule has 0 spiro atoms. The molecule has 0 aliphatic carbocycles. The summed E-state index contributed by atoms with van der Waals surface area (Å²) in [6, 6.07) is 13.3. The van der Waals surface area contributed by atoms with Gasteiger partial charge < -0.3 is 4.74 Å². The summed E-state index contributed by atoms with van der Waals surface area (Å²) in [6.07, 6.45) is 0. The van der Waals surface area contributed by atoms with Gasteiger partial charge in [-0.2, -0.15) is 0 Å². The van der Waals surface area contributed by atoms with Crippen LogP contribution in [-0.2, 0) is 11.3 Å². The zero-order chi connectivity index (χ0) is 13.0. The number of carbonyl (C=O) groups is 1. The number of carbonyl (C=O) groups excluding carboxylic acids is 1. The molecule has 92 valence electrons. The third-order valence-corrected chi connectivity index (χ3v) is 2.66. The first kappa shape index (κ1) is 12.6. The normalized spacial score (nSPS) is 10.1. The minimum atomic E-state index is -0.688. The van der Waals surface area contributed by atoms with Crippen molar-refractivity contribution in [2.24, 2.45) is 0 Å². The lowest BCUT2D eigenvalue weighted by atomic mass is 10.2. The van der Waals surface area contributed by atoms with Crippen molar-refractivity contribution >= 4 is 18.6 Å². The largest absolute Gasteiger partial charge is 0.457 e. The Bertz CT molecular complexity index is 555. The SMILES string of the molecule is O=C(OCc1ccccc1)c1cc(S)ccc1F. The van der Waals surface area contributed by atoms with E-state index in [1.54, 1.807) is 0 Å². The highest BCUT2D eigenvalue weighted by atomic mass is 32.1. The third-order valence-electron chi connectivity index (χ3n) is 2.38. The first-order valence-corrected chi connectivity index (χ1v) is 5.81. The molecule has 0 amide bonds. The Morgan fingerprint density at radius 1 is 1.17 bits per heavy atom. The predicted octanol–water partition coefficient (Wildman–Crippen LogP) is 3.47. The Hall–Kier alpha value is -1.81. The number of rotatable bonds is 3. The maximum atomic E-state index is 13.4. The van der Waals surface area contributed by atoms with Crippen molar-refractivity contribution in [3.05, 3.63) is 65.5 Å². The second-order valence-electron chi connectivity index (χ2n) is 3.73. The van der Waals surface area contributed by atoms with E-state index >= 15 is 0 Å². The number of halogens is 1. The Labute approximate surface area is 110 Å². The molecule has 2 rings (SSSR count). The van der Waals surface area contributed by atoms with Crippen LogP contribution in [0.5, 0.6) is 0 Å². The first-order valence-electron chi connectivity index (χ1n) is 5.36. The fraction of sp³-hybridized carbons (Fsp3) is 0.0714. The molecule has 18 heavy (non-hydrogen) atoms. The van der Waals surface area contributed by atoms with Gasteiger partial charge in [0.05, 0.1) is 5.56 Å². The van der Waals surface area contributed by atoms with Crippen LogP contribution < -0.4 is 0 Å². The monoisotopic (exact) mass is 262 g/mol. The molecule has 0 unspecified atom stereocenters. The number of hydrogen-bond acceptors (Lipinski definition) is 3. The van der Waals surface area contributed by atoms with Gasteiger partial charge in [0.25, 0.3) is 0 Å². The molecular formula is C14H11FO2S. The van der Waals surface area contributed by atoms with Gasteiger partial charge in [0.1, 0.15) is 12.4 Å². The molecule has 0 heterocycles. The van der Waals surface area contributed by atoms with E-state index in [2.05, 4.69) is 12.6 Å². The molecular weight excluding hydrogens is 251 g/mol. The van der Waals surface area contributed by atoms with Crippen LogP contribution in [0.1, 0.15) is 15.9 Å². The number of hydrogen-bond donors (Lipinski definition) is 1. The number of benzene rings is 2. The summed E-state index contributed by atoms with van der Waals surface area (Å²) in [5, 5.41) is 0. The average Bonchev–Trinajstić information content (AvgIpc) is 2.40. The second-order valence-corrected chi connectivity index (χ2v) is 4.24. The summed E-state index contributed by atoms with van der Waals surface area (Å²) in [5.41, 5.74) is 0.756. The summed E-state index contributed by atoms with van der Waals surface area (Å²) in [6.45, 7) is 0.121. The minimum Gasteiger partial charge on any atom is -0.457 e. The summed E-state index contributed by atoms with van der Waals surface area (Å²) >= 11 is 4.06. The number of ether oxygens (including phenoxy) is 1. The summed E-state index contributed by atoms with van der Waals surface area (Å²) in [5.74, 6) is -1.29. The van der Waals surface area contributed by atoms with Crippen molar-refractivity contribution in [3.63, 3.8) is 0 Å². The average molecular weight is 262 g/mol. The van der Waals surface area contributed by atoms with E-state index in [0.29, 0.717) is 4.90 Å². The van der Waals surface area contributed by atoms with Crippen LogP contribution in [0.4, 0.5) is 4.39 Å². The summed E-state index contributed by atoms with van der Waals surface area (Å²) < 4.78 is 18.4. The van der Waals surface area contributed by atoms with Gasteiger partial charge in [-0.05, 0) is 23.8 Å². The molecule has 0 N–H and O–H groups in total. The molecule has 0 radical (unpaired) electrons. The highest BCUT2D eigenvalue weighted by Crippen LogP contribution is 2.15. The summed E-state index contributed by atoms with van der Waals surface area (Å²) in [7, 11) is 0. The van der Waals surface area contributed by atoms with Crippen LogP contribution in [0.25, 0.3) is 0 Å². The highest BCUT2D eigenvalue weighted by molar-refractivity contribution is 7.80. The molecule has 0 saturated carbocycles. The van der Waals surface area contributed by atoms with Crippen LogP contribution in [0.15, 0.2) is 53.4 Å². The molecule has 0 aliphatic rings. The van der Waals surface area contributed by atoms with Crippen LogP contribution in [-0.4, -0.2) is 5.97 Å². The van der Waals surface area contributed by atoms with Crippen molar-refractivity contribution in [1.82, 2.24) is 0 Å². The van der Waals surface area contributed by atoms with Gasteiger partial charge in [0, 0.05) is 4.90 Å².